The highest BCUT2D eigenvalue weighted by atomic mass is 16.4. The molecular formula is C7H8N2O2. The van der Waals surface area contributed by atoms with Gasteiger partial charge in [-0.15, -0.1) is 0 Å². The number of imidazole rings is 1. The van der Waals surface area contributed by atoms with Crippen molar-refractivity contribution < 1.29 is 9.90 Å². The van der Waals surface area contributed by atoms with Gasteiger partial charge in [0.1, 0.15) is 5.82 Å². The molecule has 1 aromatic rings. The Morgan fingerprint density at radius 3 is 3.27 bits per heavy atom. The molecule has 1 unspecified atom stereocenters. The van der Waals surface area contributed by atoms with Crippen molar-refractivity contribution in [2.75, 3.05) is 0 Å². The SMILES string of the molecule is O=C(O)C1Cc2nccn2C1. The van der Waals surface area contributed by atoms with E-state index < -0.39 is 5.97 Å². The van der Waals surface area contributed by atoms with Crippen molar-refractivity contribution in [2.45, 2.75) is 13.0 Å². The fraction of sp³-hybridized carbons (Fsp3) is 0.429. The second-order valence-corrected chi connectivity index (χ2v) is 2.74. The topological polar surface area (TPSA) is 55.1 Å². The van der Waals surface area contributed by atoms with Crippen LogP contribution in [0.4, 0.5) is 0 Å². The lowest BCUT2D eigenvalue weighted by Gasteiger charge is -1.98. The predicted molar refractivity (Wildman–Crippen MR) is 37.1 cm³/mol. The minimum absolute atomic E-state index is 0.265. The van der Waals surface area contributed by atoms with Crippen molar-refractivity contribution in [2.24, 2.45) is 5.92 Å². The molecule has 0 amide bonds. The van der Waals surface area contributed by atoms with Gasteiger partial charge in [0.2, 0.25) is 0 Å². The molecule has 0 aromatic carbocycles. The van der Waals surface area contributed by atoms with Crippen molar-refractivity contribution in [3.05, 3.63) is 18.2 Å². The smallest absolute Gasteiger partial charge is 0.308 e. The number of fused-ring (bicyclic) bond motifs is 1. The standard InChI is InChI=1S/C7H8N2O2/c10-7(11)5-3-6-8-1-2-9(6)4-5/h1-2,5H,3-4H2,(H,10,11). The van der Waals surface area contributed by atoms with E-state index in [9.17, 15) is 4.79 Å². The van der Waals surface area contributed by atoms with Gasteiger partial charge in [-0.1, -0.05) is 0 Å². The van der Waals surface area contributed by atoms with Crippen LogP contribution in [-0.2, 0) is 17.8 Å². The summed E-state index contributed by atoms with van der Waals surface area (Å²) in [4.78, 5) is 14.6. The Bertz CT molecular complexity index is 272. The number of carboxylic acids is 1. The maximum atomic E-state index is 10.5. The summed E-state index contributed by atoms with van der Waals surface area (Å²) in [6, 6.07) is 0. The van der Waals surface area contributed by atoms with Crippen LogP contribution in [0.15, 0.2) is 12.4 Å². The van der Waals surface area contributed by atoms with E-state index in [2.05, 4.69) is 4.98 Å². The molecule has 58 valence electrons. The lowest BCUT2D eigenvalue weighted by molar-refractivity contribution is -0.141. The minimum Gasteiger partial charge on any atom is -0.481 e. The van der Waals surface area contributed by atoms with Gasteiger partial charge < -0.3 is 9.67 Å². The summed E-state index contributed by atoms with van der Waals surface area (Å²) < 4.78 is 1.89. The molecule has 1 aliphatic heterocycles. The summed E-state index contributed by atoms with van der Waals surface area (Å²) in [6.45, 7) is 0.574. The third kappa shape index (κ3) is 0.906. The van der Waals surface area contributed by atoms with E-state index in [1.807, 2.05) is 10.8 Å². The Labute approximate surface area is 63.5 Å². The molecule has 4 heteroatoms. The molecule has 1 aliphatic rings. The Morgan fingerprint density at radius 2 is 2.64 bits per heavy atom. The normalized spacial score (nSPS) is 21.6. The van der Waals surface area contributed by atoms with Crippen LogP contribution in [0.5, 0.6) is 0 Å². The third-order valence-corrected chi connectivity index (χ3v) is 2.00. The number of aromatic nitrogens is 2. The fourth-order valence-corrected chi connectivity index (χ4v) is 1.38. The van der Waals surface area contributed by atoms with Crippen LogP contribution >= 0.6 is 0 Å². The van der Waals surface area contributed by atoms with E-state index in [1.54, 1.807) is 6.20 Å². The van der Waals surface area contributed by atoms with Gasteiger partial charge in [-0.3, -0.25) is 4.79 Å². The van der Waals surface area contributed by atoms with Gasteiger partial charge in [0, 0.05) is 25.4 Å². The number of hydrogen-bond donors (Lipinski definition) is 1. The maximum Gasteiger partial charge on any atom is 0.308 e. The van der Waals surface area contributed by atoms with Crippen LogP contribution in [0.2, 0.25) is 0 Å². The molecule has 2 heterocycles. The first-order valence-corrected chi connectivity index (χ1v) is 3.50. The van der Waals surface area contributed by atoms with Gasteiger partial charge in [0.05, 0.1) is 5.92 Å². The Balaban J connectivity index is 2.22. The van der Waals surface area contributed by atoms with E-state index in [0.29, 0.717) is 13.0 Å². The zero-order valence-corrected chi connectivity index (χ0v) is 5.90. The molecule has 0 aliphatic carbocycles. The average molecular weight is 152 g/mol. The van der Waals surface area contributed by atoms with Crippen LogP contribution in [0.1, 0.15) is 5.82 Å². The summed E-state index contributed by atoms with van der Waals surface area (Å²) in [5.41, 5.74) is 0. The van der Waals surface area contributed by atoms with Crippen molar-refractivity contribution >= 4 is 5.97 Å². The number of nitrogens with zero attached hydrogens (tertiary/aromatic N) is 2. The molecule has 2 rings (SSSR count). The largest absolute Gasteiger partial charge is 0.481 e. The quantitative estimate of drug-likeness (QED) is 0.622. The Morgan fingerprint density at radius 1 is 1.82 bits per heavy atom. The zero-order valence-electron chi connectivity index (χ0n) is 5.90. The molecule has 1 aromatic heterocycles. The predicted octanol–water partition coefficient (Wildman–Crippen LogP) is 0.140. The van der Waals surface area contributed by atoms with Gasteiger partial charge in [0.15, 0.2) is 0 Å². The molecule has 0 spiro atoms. The number of carboxylic acid groups (broad SMARTS) is 1. The number of carbonyl (C=O) groups is 1. The summed E-state index contributed by atoms with van der Waals surface area (Å²) in [5, 5.41) is 8.66. The lowest BCUT2D eigenvalue weighted by atomic mass is 10.1. The van der Waals surface area contributed by atoms with Crippen molar-refractivity contribution in [3.8, 4) is 0 Å². The lowest BCUT2D eigenvalue weighted by Crippen LogP contribution is -2.14. The molecular weight excluding hydrogens is 144 g/mol. The Kier molecular flexibility index (Phi) is 1.21. The van der Waals surface area contributed by atoms with Gasteiger partial charge in [-0.25, -0.2) is 4.98 Å². The second kappa shape index (κ2) is 2.08. The van der Waals surface area contributed by atoms with Gasteiger partial charge in [-0.2, -0.15) is 0 Å². The minimum atomic E-state index is -0.726. The van der Waals surface area contributed by atoms with Crippen LogP contribution in [0, 0.1) is 5.92 Å². The summed E-state index contributed by atoms with van der Waals surface area (Å²) in [6.07, 6.45) is 4.09. The molecule has 0 bridgehead atoms. The van der Waals surface area contributed by atoms with E-state index in [4.69, 9.17) is 5.11 Å². The molecule has 0 saturated heterocycles. The molecule has 1 N–H and O–H groups in total. The first-order chi connectivity index (χ1) is 5.27. The summed E-state index contributed by atoms with van der Waals surface area (Å²) in [5.74, 6) is -0.105. The van der Waals surface area contributed by atoms with Crippen LogP contribution in [-0.4, -0.2) is 20.6 Å². The maximum absolute atomic E-state index is 10.5. The van der Waals surface area contributed by atoms with E-state index in [0.717, 1.165) is 5.82 Å². The monoisotopic (exact) mass is 152 g/mol. The highest BCUT2D eigenvalue weighted by Gasteiger charge is 2.27. The van der Waals surface area contributed by atoms with Crippen molar-refractivity contribution in [1.29, 1.82) is 0 Å². The molecule has 11 heavy (non-hydrogen) atoms. The number of hydrogen-bond acceptors (Lipinski definition) is 2. The van der Waals surface area contributed by atoms with Gasteiger partial charge in [-0.05, 0) is 0 Å². The third-order valence-electron chi connectivity index (χ3n) is 2.00. The first kappa shape index (κ1) is 6.39. The van der Waals surface area contributed by atoms with E-state index in [1.165, 1.54) is 0 Å². The Hall–Kier alpha value is -1.32. The highest BCUT2D eigenvalue weighted by molar-refractivity contribution is 5.70. The van der Waals surface area contributed by atoms with E-state index >= 15 is 0 Å². The first-order valence-electron chi connectivity index (χ1n) is 3.50. The van der Waals surface area contributed by atoms with Gasteiger partial charge >= 0.3 is 5.97 Å². The van der Waals surface area contributed by atoms with Crippen LogP contribution in [0.25, 0.3) is 0 Å². The average Bonchev–Trinajstić information content (AvgIpc) is 2.40. The van der Waals surface area contributed by atoms with Crippen molar-refractivity contribution in [1.82, 2.24) is 9.55 Å². The second-order valence-electron chi connectivity index (χ2n) is 2.74. The summed E-state index contributed by atoms with van der Waals surface area (Å²) in [7, 11) is 0. The molecule has 0 saturated carbocycles. The molecule has 0 fully saturated rings. The van der Waals surface area contributed by atoms with Gasteiger partial charge in [0.25, 0.3) is 0 Å². The number of rotatable bonds is 1. The summed E-state index contributed by atoms with van der Waals surface area (Å²) >= 11 is 0. The van der Waals surface area contributed by atoms with Crippen LogP contribution < -0.4 is 0 Å². The highest BCUT2D eigenvalue weighted by Crippen LogP contribution is 2.18. The fourth-order valence-electron chi connectivity index (χ4n) is 1.38. The molecule has 1 atom stereocenters. The van der Waals surface area contributed by atoms with Crippen molar-refractivity contribution in [3.63, 3.8) is 0 Å². The van der Waals surface area contributed by atoms with E-state index in [-0.39, 0.29) is 5.92 Å². The molecule has 4 nitrogen and oxygen atoms in total. The van der Waals surface area contributed by atoms with Crippen LogP contribution in [0.3, 0.4) is 0 Å². The number of aliphatic carboxylic acids is 1. The molecule has 0 radical (unpaired) electrons. The zero-order chi connectivity index (χ0) is 7.84.